The summed E-state index contributed by atoms with van der Waals surface area (Å²) >= 11 is 1.52. The summed E-state index contributed by atoms with van der Waals surface area (Å²) in [7, 11) is 3.30. The molecule has 0 N–H and O–H groups in total. The van der Waals surface area contributed by atoms with Crippen molar-refractivity contribution >= 4 is 17.7 Å². The van der Waals surface area contributed by atoms with E-state index in [9.17, 15) is 4.79 Å². The van der Waals surface area contributed by atoms with Crippen molar-refractivity contribution in [1.29, 1.82) is 0 Å². The van der Waals surface area contributed by atoms with Gasteiger partial charge >= 0.3 is 5.97 Å². The fourth-order valence-corrected chi connectivity index (χ4v) is 2.21. The van der Waals surface area contributed by atoms with E-state index in [1.165, 1.54) is 11.8 Å². The van der Waals surface area contributed by atoms with Gasteiger partial charge in [0, 0.05) is 7.05 Å². The van der Waals surface area contributed by atoms with Gasteiger partial charge in [-0.2, -0.15) is 5.10 Å². The summed E-state index contributed by atoms with van der Waals surface area (Å²) < 4.78 is 11.7. The molecule has 1 aromatic heterocycles. The van der Waals surface area contributed by atoms with Gasteiger partial charge in [0.15, 0.2) is 5.69 Å². The Bertz CT molecular complexity index is 376. The number of carbonyl (C=O) groups excluding carboxylic acids is 1. The Morgan fingerprint density at radius 1 is 1.50 bits per heavy atom. The molecule has 1 rings (SSSR count). The SMILES string of the molecule is CCOC(=O)c1nn(C)c(OC)c1SCC. The van der Waals surface area contributed by atoms with Crippen LogP contribution in [0.25, 0.3) is 0 Å². The molecule has 1 aromatic rings. The van der Waals surface area contributed by atoms with Crippen molar-refractivity contribution in [3.05, 3.63) is 5.69 Å². The maximum atomic E-state index is 11.7. The number of aryl methyl sites for hydroxylation is 1. The molecule has 0 aliphatic carbocycles. The van der Waals surface area contributed by atoms with Crippen LogP contribution in [0.1, 0.15) is 24.3 Å². The molecule has 0 aromatic carbocycles. The largest absolute Gasteiger partial charge is 0.480 e. The van der Waals surface area contributed by atoms with Gasteiger partial charge in [0.05, 0.1) is 13.7 Å². The van der Waals surface area contributed by atoms with Crippen LogP contribution in [0.5, 0.6) is 5.88 Å². The molecule has 5 nitrogen and oxygen atoms in total. The second-order valence-corrected chi connectivity index (χ2v) is 4.24. The average Bonchev–Trinajstić information content (AvgIpc) is 2.56. The second kappa shape index (κ2) is 5.79. The van der Waals surface area contributed by atoms with Crippen molar-refractivity contribution in [2.45, 2.75) is 18.7 Å². The highest BCUT2D eigenvalue weighted by Crippen LogP contribution is 2.32. The molecule has 16 heavy (non-hydrogen) atoms. The number of hydrogen-bond donors (Lipinski definition) is 0. The Balaban J connectivity index is 3.11. The Morgan fingerprint density at radius 3 is 2.69 bits per heavy atom. The van der Waals surface area contributed by atoms with Gasteiger partial charge in [-0.3, -0.25) is 0 Å². The van der Waals surface area contributed by atoms with Gasteiger partial charge in [-0.15, -0.1) is 11.8 Å². The third kappa shape index (κ3) is 2.49. The summed E-state index contributed by atoms with van der Waals surface area (Å²) in [6.45, 7) is 4.12. The van der Waals surface area contributed by atoms with E-state index >= 15 is 0 Å². The minimum Gasteiger partial charge on any atom is -0.480 e. The molecule has 0 amide bonds. The van der Waals surface area contributed by atoms with Crippen molar-refractivity contribution in [3.63, 3.8) is 0 Å². The quantitative estimate of drug-likeness (QED) is 0.583. The van der Waals surface area contributed by atoms with E-state index < -0.39 is 5.97 Å². The summed E-state index contributed by atoms with van der Waals surface area (Å²) in [6, 6.07) is 0. The van der Waals surface area contributed by atoms with E-state index in [2.05, 4.69) is 5.10 Å². The number of rotatable bonds is 5. The average molecular weight is 244 g/mol. The minimum atomic E-state index is -0.405. The molecule has 0 spiro atoms. The van der Waals surface area contributed by atoms with E-state index in [1.807, 2.05) is 6.92 Å². The molecule has 0 unspecified atom stereocenters. The van der Waals surface area contributed by atoms with E-state index in [4.69, 9.17) is 9.47 Å². The van der Waals surface area contributed by atoms with Gasteiger partial charge in [-0.25, -0.2) is 9.48 Å². The predicted molar refractivity (Wildman–Crippen MR) is 62.1 cm³/mol. The highest BCUT2D eigenvalue weighted by atomic mass is 32.2. The summed E-state index contributed by atoms with van der Waals surface area (Å²) in [6.07, 6.45) is 0. The van der Waals surface area contributed by atoms with Gasteiger partial charge < -0.3 is 9.47 Å². The van der Waals surface area contributed by atoms with Crippen LogP contribution in [0.2, 0.25) is 0 Å². The fourth-order valence-electron chi connectivity index (χ4n) is 1.32. The van der Waals surface area contributed by atoms with Crippen molar-refractivity contribution in [1.82, 2.24) is 9.78 Å². The first-order valence-corrected chi connectivity index (χ1v) is 6.05. The number of hydrogen-bond acceptors (Lipinski definition) is 5. The lowest BCUT2D eigenvalue weighted by atomic mass is 10.4. The zero-order valence-corrected chi connectivity index (χ0v) is 10.8. The summed E-state index contributed by atoms with van der Waals surface area (Å²) in [5.41, 5.74) is 0.327. The van der Waals surface area contributed by atoms with Crippen LogP contribution in [-0.4, -0.2) is 35.2 Å². The third-order valence-corrected chi connectivity index (χ3v) is 2.85. The van der Waals surface area contributed by atoms with Gasteiger partial charge in [-0.05, 0) is 12.7 Å². The summed E-state index contributed by atoms with van der Waals surface area (Å²) in [5, 5.41) is 4.11. The fraction of sp³-hybridized carbons (Fsp3) is 0.600. The van der Waals surface area contributed by atoms with Crippen LogP contribution >= 0.6 is 11.8 Å². The Morgan fingerprint density at radius 2 is 2.19 bits per heavy atom. The Kier molecular flexibility index (Phi) is 4.67. The normalized spacial score (nSPS) is 10.2. The molecular weight excluding hydrogens is 228 g/mol. The summed E-state index contributed by atoms with van der Waals surface area (Å²) in [5.74, 6) is 1.03. The molecule has 0 bridgehead atoms. The van der Waals surface area contributed by atoms with Crippen LogP contribution in [-0.2, 0) is 11.8 Å². The van der Waals surface area contributed by atoms with Gasteiger partial charge in [0.2, 0.25) is 5.88 Å². The first kappa shape index (κ1) is 12.9. The lowest BCUT2D eigenvalue weighted by molar-refractivity contribution is 0.0514. The first-order valence-electron chi connectivity index (χ1n) is 5.06. The van der Waals surface area contributed by atoms with Crippen LogP contribution in [0.4, 0.5) is 0 Å². The van der Waals surface area contributed by atoms with Gasteiger partial charge in [-0.1, -0.05) is 6.92 Å². The molecule has 0 atom stereocenters. The Labute approximate surface area is 99.1 Å². The molecule has 0 saturated heterocycles. The number of methoxy groups -OCH3 is 1. The molecule has 0 saturated carbocycles. The molecular formula is C10H16N2O3S. The van der Waals surface area contributed by atoms with E-state index in [1.54, 1.807) is 25.8 Å². The number of esters is 1. The molecule has 0 fully saturated rings. The molecule has 6 heteroatoms. The highest BCUT2D eigenvalue weighted by molar-refractivity contribution is 7.99. The number of thioether (sulfide) groups is 1. The number of nitrogens with zero attached hydrogens (tertiary/aromatic N) is 2. The van der Waals surface area contributed by atoms with Crippen LogP contribution < -0.4 is 4.74 Å². The molecule has 0 aliphatic heterocycles. The minimum absolute atomic E-state index is 0.327. The van der Waals surface area contributed by atoms with Crippen molar-refractivity contribution < 1.29 is 14.3 Å². The van der Waals surface area contributed by atoms with Gasteiger partial charge in [0.25, 0.3) is 0 Å². The van der Waals surface area contributed by atoms with E-state index in [-0.39, 0.29) is 0 Å². The Hall–Kier alpha value is -1.17. The monoisotopic (exact) mass is 244 g/mol. The number of aromatic nitrogens is 2. The van der Waals surface area contributed by atoms with E-state index in [0.717, 1.165) is 10.6 Å². The number of carbonyl (C=O) groups is 1. The lowest BCUT2D eigenvalue weighted by Crippen LogP contribution is -2.07. The maximum absolute atomic E-state index is 11.7. The molecule has 0 radical (unpaired) electrons. The zero-order chi connectivity index (χ0) is 12.1. The maximum Gasteiger partial charge on any atom is 0.360 e. The smallest absolute Gasteiger partial charge is 0.360 e. The predicted octanol–water partition coefficient (Wildman–Crippen LogP) is 1.72. The van der Waals surface area contributed by atoms with Crippen LogP contribution in [0, 0.1) is 0 Å². The lowest BCUT2D eigenvalue weighted by Gasteiger charge is -2.03. The topological polar surface area (TPSA) is 53.3 Å². The first-order chi connectivity index (χ1) is 7.65. The highest BCUT2D eigenvalue weighted by Gasteiger charge is 2.23. The van der Waals surface area contributed by atoms with E-state index in [0.29, 0.717) is 18.2 Å². The zero-order valence-electron chi connectivity index (χ0n) is 9.94. The van der Waals surface area contributed by atoms with Crippen molar-refractivity contribution in [3.8, 4) is 5.88 Å². The van der Waals surface area contributed by atoms with Gasteiger partial charge in [0.1, 0.15) is 4.90 Å². The molecule has 90 valence electrons. The van der Waals surface area contributed by atoms with Crippen LogP contribution in [0.3, 0.4) is 0 Å². The van der Waals surface area contributed by atoms with Crippen molar-refractivity contribution in [2.75, 3.05) is 19.5 Å². The molecule has 1 heterocycles. The van der Waals surface area contributed by atoms with Crippen molar-refractivity contribution in [2.24, 2.45) is 7.05 Å². The molecule has 0 aliphatic rings. The standard InChI is InChI=1S/C10H16N2O3S/c1-5-15-10(13)7-8(16-6-2)9(14-4)12(3)11-7/h5-6H2,1-4H3. The third-order valence-electron chi connectivity index (χ3n) is 1.90. The number of ether oxygens (including phenoxy) is 2. The summed E-state index contributed by atoms with van der Waals surface area (Å²) in [4.78, 5) is 12.4. The second-order valence-electron chi connectivity index (χ2n) is 2.96. The van der Waals surface area contributed by atoms with Crippen LogP contribution in [0.15, 0.2) is 4.90 Å².